The first-order valence-electron chi connectivity index (χ1n) is 3.27. The van der Waals surface area contributed by atoms with Crippen LogP contribution in [0.5, 0.6) is 0 Å². The van der Waals surface area contributed by atoms with Crippen LogP contribution in [0.2, 0.25) is 0 Å². The molecule has 1 N–H and O–H groups in total. The van der Waals surface area contributed by atoms with E-state index in [9.17, 15) is 0 Å². The first kappa shape index (κ1) is 7.54. The number of benzene rings is 1. The maximum atomic E-state index is 8.27. The van der Waals surface area contributed by atoms with E-state index in [0.29, 0.717) is 0 Å². The normalized spacial score (nSPS) is 10.2. The average Bonchev–Trinajstić information content (AvgIpc) is 2.06. The second-order valence-electron chi connectivity index (χ2n) is 2.08. The fourth-order valence-corrected chi connectivity index (χ4v) is 0.877. The number of oxime groups is 1. The molecular formula is C9H9NO. The van der Waals surface area contributed by atoms with Crippen molar-refractivity contribution >= 4 is 12.3 Å². The quantitative estimate of drug-likeness (QED) is 0.388. The van der Waals surface area contributed by atoms with Gasteiger partial charge in [-0.3, -0.25) is 0 Å². The lowest BCUT2D eigenvalue weighted by Gasteiger charge is -1.96. The molecular weight excluding hydrogens is 138 g/mol. The van der Waals surface area contributed by atoms with Gasteiger partial charge in [0.25, 0.3) is 0 Å². The Morgan fingerprint density at radius 2 is 1.91 bits per heavy atom. The van der Waals surface area contributed by atoms with E-state index >= 15 is 0 Å². The van der Waals surface area contributed by atoms with Gasteiger partial charge in [0.1, 0.15) is 0 Å². The SMILES string of the molecule is C=Cc1ccccc1C=NO. The van der Waals surface area contributed by atoms with Gasteiger partial charge in [0.15, 0.2) is 0 Å². The first-order valence-corrected chi connectivity index (χ1v) is 3.27. The van der Waals surface area contributed by atoms with Gasteiger partial charge in [-0.2, -0.15) is 0 Å². The van der Waals surface area contributed by atoms with Crippen LogP contribution in [0.15, 0.2) is 36.0 Å². The molecule has 1 rings (SSSR count). The predicted molar refractivity (Wildman–Crippen MR) is 45.9 cm³/mol. The summed E-state index contributed by atoms with van der Waals surface area (Å²) in [6.45, 7) is 3.63. The lowest BCUT2D eigenvalue weighted by atomic mass is 10.1. The Hall–Kier alpha value is -1.57. The molecule has 0 aliphatic rings. The topological polar surface area (TPSA) is 32.6 Å². The van der Waals surface area contributed by atoms with Gasteiger partial charge in [0, 0.05) is 5.56 Å². The summed E-state index contributed by atoms with van der Waals surface area (Å²) in [5, 5.41) is 11.2. The number of hydrogen-bond acceptors (Lipinski definition) is 2. The van der Waals surface area contributed by atoms with E-state index in [4.69, 9.17) is 5.21 Å². The molecule has 0 unspecified atom stereocenters. The highest BCUT2D eigenvalue weighted by Crippen LogP contribution is 2.06. The molecule has 0 saturated heterocycles. The van der Waals surface area contributed by atoms with Crippen molar-refractivity contribution in [3.63, 3.8) is 0 Å². The van der Waals surface area contributed by atoms with Gasteiger partial charge in [-0.05, 0) is 5.56 Å². The minimum atomic E-state index is 0.866. The van der Waals surface area contributed by atoms with Crippen molar-refractivity contribution in [1.29, 1.82) is 0 Å². The van der Waals surface area contributed by atoms with E-state index in [-0.39, 0.29) is 0 Å². The summed E-state index contributed by atoms with van der Waals surface area (Å²) in [6.07, 6.45) is 3.11. The zero-order valence-corrected chi connectivity index (χ0v) is 6.07. The molecule has 0 bridgehead atoms. The van der Waals surface area contributed by atoms with Gasteiger partial charge in [-0.15, -0.1) is 0 Å². The second-order valence-corrected chi connectivity index (χ2v) is 2.08. The molecule has 11 heavy (non-hydrogen) atoms. The fraction of sp³-hybridized carbons (Fsp3) is 0. The van der Waals surface area contributed by atoms with Crippen molar-refractivity contribution in [3.05, 3.63) is 42.0 Å². The molecule has 0 aromatic heterocycles. The molecule has 0 fully saturated rings. The molecule has 0 saturated carbocycles. The van der Waals surface area contributed by atoms with Crippen LogP contribution in [0, 0.1) is 0 Å². The van der Waals surface area contributed by atoms with E-state index in [1.54, 1.807) is 6.08 Å². The summed E-state index contributed by atoms with van der Waals surface area (Å²) in [5.74, 6) is 0. The van der Waals surface area contributed by atoms with Gasteiger partial charge in [0.2, 0.25) is 0 Å². The molecule has 1 aromatic carbocycles. The summed E-state index contributed by atoms with van der Waals surface area (Å²) in [5.41, 5.74) is 1.83. The molecule has 1 aromatic rings. The molecule has 0 aliphatic heterocycles. The zero-order chi connectivity index (χ0) is 8.10. The van der Waals surface area contributed by atoms with Crippen molar-refractivity contribution < 1.29 is 5.21 Å². The van der Waals surface area contributed by atoms with Crippen LogP contribution < -0.4 is 0 Å². The summed E-state index contributed by atoms with van der Waals surface area (Å²) in [4.78, 5) is 0. The van der Waals surface area contributed by atoms with Gasteiger partial charge in [0.05, 0.1) is 6.21 Å². The second kappa shape index (κ2) is 3.56. The van der Waals surface area contributed by atoms with Crippen molar-refractivity contribution in [2.75, 3.05) is 0 Å². The smallest absolute Gasteiger partial charge is 0.0739 e. The van der Waals surface area contributed by atoms with Crippen LogP contribution in [-0.2, 0) is 0 Å². The van der Waals surface area contributed by atoms with E-state index < -0.39 is 0 Å². The standard InChI is InChI=1S/C9H9NO/c1-2-8-5-3-4-6-9(8)7-10-11/h2-7,11H,1H2. The van der Waals surface area contributed by atoms with Crippen LogP contribution in [0.1, 0.15) is 11.1 Å². The summed E-state index contributed by atoms with van der Waals surface area (Å²) in [7, 11) is 0. The Labute approximate surface area is 65.5 Å². The van der Waals surface area contributed by atoms with E-state index in [0.717, 1.165) is 11.1 Å². The molecule has 0 spiro atoms. The Morgan fingerprint density at radius 3 is 2.45 bits per heavy atom. The van der Waals surface area contributed by atoms with Crippen molar-refractivity contribution in [2.24, 2.45) is 5.16 Å². The van der Waals surface area contributed by atoms with Crippen LogP contribution in [0.4, 0.5) is 0 Å². The van der Waals surface area contributed by atoms with Crippen molar-refractivity contribution in [3.8, 4) is 0 Å². The van der Waals surface area contributed by atoms with Crippen LogP contribution >= 0.6 is 0 Å². The maximum Gasteiger partial charge on any atom is 0.0739 e. The van der Waals surface area contributed by atoms with Crippen LogP contribution in [0.3, 0.4) is 0 Å². The molecule has 0 atom stereocenters. The highest BCUT2D eigenvalue weighted by Gasteiger charge is 1.92. The van der Waals surface area contributed by atoms with Crippen LogP contribution in [-0.4, -0.2) is 11.4 Å². The molecule has 0 amide bonds. The molecule has 56 valence electrons. The molecule has 2 nitrogen and oxygen atoms in total. The van der Waals surface area contributed by atoms with Gasteiger partial charge in [-0.1, -0.05) is 42.1 Å². The summed E-state index contributed by atoms with van der Waals surface area (Å²) < 4.78 is 0. The average molecular weight is 147 g/mol. The van der Waals surface area contributed by atoms with Gasteiger partial charge >= 0.3 is 0 Å². The Balaban J connectivity index is 3.11. The minimum Gasteiger partial charge on any atom is -0.411 e. The largest absolute Gasteiger partial charge is 0.411 e. The third kappa shape index (κ3) is 1.67. The maximum absolute atomic E-state index is 8.27. The third-order valence-corrected chi connectivity index (χ3v) is 1.41. The highest BCUT2D eigenvalue weighted by atomic mass is 16.4. The lowest BCUT2D eigenvalue weighted by molar-refractivity contribution is 0.322. The molecule has 0 heterocycles. The summed E-state index contributed by atoms with van der Waals surface area (Å²) >= 11 is 0. The van der Waals surface area contributed by atoms with Gasteiger partial charge in [-0.25, -0.2) is 0 Å². The Kier molecular flexibility index (Phi) is 2.44. The predicted octanol–water partition coefficient (Wildman–Crippen LogP) is 2.14. The van der Waals surface area contributed by atoms with E-state index in [2.05, 4.69) is 11.7 Å². The fourth-order valence-electron chi connectivity index (χ4n) is 0.877. The van der Waals surface area contributed by atoms with Gasteiger partial charge < -0.3 is 5.21 Å². The first-order chi connectivity index (χ1) is 5.38. The molecule has 0 aliphatic carbocycles. The zero-order valence-electron chi connectivity index (χ0n) is 6.07. The van der Waals surface area contributed by atoms with E-state index in [1.165, 1.54) is 6.21 Å². The lowest BCUT2D eigenvalue weighted by Crippen LogP contribution is -1.84. The Bertz CT molecular complexity index is 279. The van der Waals surface area contributed by atoms with Crippen molar-refractivity contribution in [2.45, 2.75) is 0 Å². The molecule has 2 heteroatoms. The van der Waals surface area contributed by atoms with Crippen molar-refractivity contribution in [1.82, 2.24) is 0 Å². The van der Waals surface area contributed by atoms with Crippen LogP contribution in [0.25, 0.3) is 6.08 Å². The summed E-state index contributed by atoms with van der Waals surface area (Å²) in [6, 6.07) is 7.55. The number of hydrogen-bond donors (Lipinski definition) is 1. The monoisotopic (exact) mass is 147 g/mol. The third-order valence-electron chi connectivity index (χ3n) is 1.41. The molecule has 0 radical (unpaired) electrons. The van der Waals surface area contributed by atoms with E-state index in [1.807, 2.05) is 24.3 Å². The minimum absolute atomic E-state index is 0.866. The number of nitrogens with zero attached hydrogens (tertiary/aromatic N) is 1. The number of rotatable bonds is 2. The highest BCUT2D eigenvalue weighted by molar-refractivity contribution is 5.84. The Morgan fingerprint density at radius 1 is 1.27 bits per heavy atom.